The van der Waals surface area contributed by atoms with Crippen LogP contribution < -0.4 is 11.1 Å². The molecule has 5 heteroatoms. The highest BCUT2D eigenvalue weighted by Gasteiger charge is 2.36. The van der Waals surface area contributed by atoms with Crippen molar-refractivity contribution in [3.63, 3.8) is 0 Å². The summed E-state index contributed by atoms with van der Waals surface area (Å²) < 4.78 is 0. The molecule has 82 valence electrons. The molecule has 0 saturated heterocycles. The zero-order valence-electron chi connectivity index (χ0n) is 8.53. The second-order valence-electron chi connectivity index (χ2n) is 4.13. The van der Waals surface area contributed by atoms with Crippen molar-refractivity contribution in [1.82, 2.24) is 5.32 Å². The first-order chi connectivity index (χ1) is 6.62. The average molecular weight is 201 g/mol. The van der Waals surface area contributed by atoms with Crippen molar-refractivity contribution in [2.24, 2.45) is 10.9 Å². The minimum absolute atomic E-state index is 0.116. The van der Waals surface area contributed by atoms with Crippen LogP contribution in [0.4, 0.5) is 0 Å². The van der Waals surface area contributed by atoms with Gasteiger partial charge < -0.3 is 21.4 Å². The van der Waals surface area contributed by atoms with Crippen LogP contribution in [0.1, 0.15) is 32.6 Å². The molecule has 0 bridgehead atoms. The smallest absolute Gasteiger partial charge is 0.140 e. The van der Waals surface area contributed by atoms with E-state index < -0.39 is 0 Å². The predicted octanol–water partition coefficient (Wildman–Crippen LogP) is 0.0160. The molecular formula is C9H19N3O2. The van der Waals surface area contributed by atoms with Crippen molar-refractivity contribution >= 4 is 5.84 Å². The van der Waals surface area contributed by atoms with Crippen molar-refractivity contribution in [2.75, 3.05) is 6.61 Å². The van der Waals surface area contributed by atoms with E-state index in [1.165, 1.54) is 0 Å². The first-order valence-electron chi connectivity index (χ1n) is 4.97. The summed E-state index contributed by atoms with van der Waals surface area (Å²) in [6.07, 6.45) is 3.66. The van der Waals surface area contributed by atoms with Crippen molar-refractivity contribution in [3.05, 3.63) is 0 Å². The molecule has 1 aliphatic rings. The number of rotatable bonds is 5. The van der Waals surface area contributed by atoms with E-state index in [2.05, 4.69) is 10.5 Å². The number of nitrogens with zero attached hydrogens (tertiary/aromatic N) is 1. The minimum atomic E-state index is -0.116. The van der Waals surface area contributed by atoms with Crippen LogP contribution >= 0.6 is 0 Å². The Kier molecular flexibility index (Phi) is 3.71. The van der Waals surface area contributed by atoms with Crippen LogP contribution in [0.5, 0.6) is 0 Å². The summed E-state index contributed by atoms with van der Waals surface area (Å²) in [7, 11) is 0. The van der Waals surface area contributed by atoms with Gasteiger partial charge in [-0.15, -0.1) is 0 Å². The van der Waals surface area contributed by atoms with Crippen molar-refractivity contribution in [2.45, 2.75) is 44.2 Å². The lowest BCUT2D eigenvalue weighted by molar-refractivity contribution is 0.0794. The van der Waals surface area contributed by atoms with Gasteiger partial charge in [0.15, 0.2) is 0 Å². The fourth-order valence-corrected chi connectivity index (χ4v) is 1.88. The molecule has 1 unspecified atom stereocenters. The zero-order chi connectivity index (χ0) is 10.6. The Bertz CT molecular complexity index is 209. The van der Waals surface area contributed by atoms with E-state index >= 15 is 0 Å². The van der Waals surface area contributed by atoms with Gasteiger partial charge in [0.05, 0.1) is 6.61 Å². The number of aliphatic hydroxyl groups is 1. The first kappa shape index (κ1) is 11.3. The van der Waals surface area contributed by atoms with E-state index in [9.17, 15) is 5.11 Å². The second kappa shape index (κ2) is 4.61. The lowest BCUT2D eigenvalue weighted by atomic mass is 9.77. The number of nitrogens with two attached hydrogens (primary N) is 1. The van der Waals surface area contributed by atoms with Gasteiger partial charge in [-0.1, -0.05) is 5.16 Å². The standard InChI is InChI=1S/C9H19N3O2/c1-7(5-8(10)12-14)11-9(6-13)3-2-4-9/h7,11,13-14H,2-6H2,1H3,(H2,10,12). The molecule has 0 aliphatic heterocycles. The fraction of sp³-hybridized carbons (Fsp3) is 0.889. The quantitative estimate of drug-likeness (QED) is 0.218. The van der Waals surface area contributed by atoms with Gasteiger partial charge in [0.2, 0.25) is 0 Å². The molecule has 0 spiro atoms. The van der Waals surface area contributed by atoms with Crippen LogP contribution in [-0.4, -0.2) is 34.3 Å². The lowest BCUT2D eigenvalue weighted by Gasteiger charge is -2.43. The summed E-state index contributed by atoms with van der Waals surface area (Å²) in [5.41, 5.74) is 5.28. The maximum Gasteiger partial charge on any atom is 0.140 e. The van der Waals surface area contributed by atoms with Crippen molar-refractivity contribution < 1.29 is 10.3 Å². The summed E-state index contributed by atoms with van der Waals surface area (Å²) in [6.45, 7) is 2.13. The molecule has 0 amide bonds. The van der Waals surface area contributed by atoms with E-state index in [-0.39, 0.29) is 24.0 Å². The monoisotopic (exact) mass is 201 g/mol. The molecule has 0 heterocycles. The third-order valence-electron chi connectivity index (χ3n) is 2.81. The highest BCUT2D eigenvalue weighted by atomic mass is 16.4. The summed E-state index contributed by atoms with van der Waals surface area (Å²) >= 11 is 0. The van der Waals surface area contributed by atoms with Gasteiger partial charge in [-0.05, 0) is 26.2 Å². The first-order valence-corrected chi connectivity index (χ1v) is 4.97. The number of hydrogen-bond donors (Lipinski definition) is 4. The SMILES string of the molecule is CC(CC(N)=NO)NC1(CO)CCC1. The Morgan fingerprint density at radius 3 is 2.64 bits per heavy atom. The highest BCUT2D eigenvalue weighted by molar-refractivity contribution is 5.80. The molecule has 0 radical (unpaired) electrons. The van der Waals surface area contributed by atoms with Gasteiger partial charge in [-0.3, -0.25) is 0 Å². The average Bonchev–Trinajstić information content (AvgIpc) is 2.11. The molecule has 1 saturated carbocycles. The van der Waals surface area contributed by atoms with Gasteiger partial charge >= 0.3 is 0 Å². The van der Waals surface area contributed by atoms with Crippen LogP contribution in [-0.2, 0) is 0 Å². The maximum absolute atomic E-state index is 9.20. The number of nitrogens with one attached hydrogen (secondary N) is 1. The minimum Gasteiger partial charge on any atom is -0.409 e. The molecule has 1 aliphatic carbocycles. The largest absolute Gasteiger partial charge is 0.409 e. The molecule has 0 aromatic rings. The zero-order valence-corrected chi connectivity index (χ0v) is 8.53. The van der Waals surface area contributed by atoms with Gasteiger partial charge in [0, 0.05) is 18.0 Å². The Balaban J connectivity index is 2.35. The molecule has 5 N–H and O–H groups in total. The third-order valence-corrected chi connectivity index (χ3v) is 2.81. The number of oxime groups is 1. The molecule has 0 aromatic heterocycles. The van der Waals surface area contributed by atoms with Gasteiger partial charge in [-0.25, -0.2) is 0 Å². The maximum atomic E-state index is 9.20. The molecule has 1 atom stereocenters. The van der Waals surface area contributed by atoms with E-state index in [0.717, 1.165) is 19.3 Å². The normalized spacial score (nSPS) is 22.9. The molecule has 14 heavy (non-hydrogen) atoms. The van der Waals surface area contributed by atoms with Crippen molar-refractivity contribution in [3.8, 4) is 0 Å². The van der Waals surface area contributed by atoms with Gasteiger partial charge in [0.25, 0.3) is 0 Å². The summed E-state index contributed by atoms with van der Waals surface area (Å²) in [5, 5.41) is 23.8. The Labute approximate surface area is 84.0 Å². The van der Waals surface area contributed by atoms with Crippen LogP contribution in [0.15, 0.2) is 5.16 Å². The van der Waals surface area contributed by atoms with Crippen LogP contribution in [0, 0.1) is 0 Å². The number of aliphatic hydroxyl groups excluding tert-OH is 1. The van der Waals surface area contributed by atoms with Crippen LogP contribution in [0.3, 0.4) is 0 Å². The summed E-state index contributed by atoms with van der Waals surface area (Å²) in [4.78, 5) is 0. The summed E-state index contributed by atoms with van der Waals surface area (Å²) in [6, 6.07) is 0.123. The lowest BCUT2D eigenvalue weighted by Crippen LogP contribution is -2.57. The predicted molar refractivity (Wildman–Crippen MR) is 54.3 cm³/mol. The molecule has 0 aromatic carbocycles. The Morgan fingerprint density at radius 1 is 1.64 bits per heavy atom. The van der Waals surface area contributed by atoms with E-state index in [4.69, 9.17) is 10.9 Å². The number of hydrogen-bond acceptors (Lipinski definition) is 4. The second-order valence-corrected chi connectivity index (χ2v) is 4.13. The molecule has 1 fully saturated rings. The van der Waals surface area contributed by atoms with Crippen LogP contribution in [0.25, 0.3) is 0 Å². The molecule has 1 rings (SSSR count). The fourth-order valence-electron chi connectivity index (χ4n) is 1.88. The van der Waals surface area contributed by atoms with Gasteiger partial charge in [-0.2, -0.15) is 0 Å². The summed E-state index contributed by atoms with van der Waals surface area (Å²) in [5.74, 6) is 0.220. The Morgan fingerprint density at radius 2 is 2.29 bits per heavy atom. The Hall–Kier alpha value is -0.810. The number of amidine groups is 1. The van der Waals surface area contributed by atoms with Gasteiger partial charge in [0.1, 0.15) is 5.84 Å². The van der Waals surface area contributed by atoms with Crippen LogP contribution in [0.2, 0.25) is 0 Å². The third kappa shape index (κ3) is 2.59. The highest BCUT2D eigenvalue weighted by Crippen LogP contribution is 2.31. The molecular weight excluding hydrogens is 182 g/mol. The molecule has 5 nitrogen and oxygen atoms in total. The topological polar surface area (TPSA) is 90.9 Å². The van der Waals surface area contributed by atoms with E-state index in [1.807, 2.05) is 6.92 Å². The van der Waals surface area contributed by atoms with E-state index in [1.54, 1.807) is 0 Å². The van der Waals surface area contributed by atoms with Crippen molar-refractivity contribution in [1.29, 1.82) is 0 Å². The van der Waals surface area contributed by atoms with E-state index in [0.29, 0.717) is 6.42 Å².